The van der Waals surface area contributed by atoms with E-state index >= 15 is 0 Å². The van der Waals surface area contributed by atoms with Crippen molar-refractivity contribution in [2.75, 3.05) is 0 Å². The minimum Gasteiger partial charge on any atom is -0.510 e. The molecule has 0 aliphatic carbocycles. The van der Waals surface area contributed by atoms with E-state index in [1.807, 2.05) is 18.3 Å². The van der Waals surface area contributed by atoms with Crippen molar-refractivity contribution >= 4 is 76.5 Å². The molecule has 0 bridgehead atoms. The predicted molar refractivity (Wildman–Crippen MR) is 338 cm³/mol. The third kappa shape index (κ3) is 8.06. The summed E-state index contributed by atoms with van der Waals surface area (Å²) in [5, 5.41) is 6.75. The second-order valence-electron chi connectivity index (χ2n) is 22.3. The molecular formula is C76H52N6OPt-2. The number of hydrogen-bond acceptors (Lipinski definition) is 2. The maximum absolute atomic E-state index is 7.03. The number of para-hydroxylation sites is 7. The van der Waals surface area contributed by atoms with Crippen LogP contribution in [0.3, 0.4) is 0 Å². The van der Waals surface area contributed by atoms with Crippen molar-refractivity contribution in [1.29, 1.82) is 0 Å². The number of benzene rings is 11. The second-order valence-corrected chi connectivity index (χ2v) is 22.3. The fourth-order valence-electron chi connectivity index (χ4n) is 12.7. The van der Waals surface area contributed by atoms with E-state index in [9.17, 15) is 0 Å². The van der Waals surface area contributed by atoms with E-state index < -0.39 is 0 Å². The van der Waals surface area contributed by atoms with E-state index in [-0.39, 0.29) is 26.5 Å². The molecule has 7 nitrogen and oxygen atoms in total. The minimum atomic E-state index is -0.155. The molecule has 0 radical (unpaired) electrons. The van der Waals surface area contributed by atoms with Gasteiger partial charge >= 0.3 is 0 Å². The summed E-state index contributed by atoms with van der Waals surface area (Å²) in [6, 6.07) is 97.8. The maximum atomic E-state index is 7.03. The number of nitrogens with zero attached hydrogens (tertiary/aromatic N) is 6. The van der Waals surface area contributed by atoms with Gasteiger partial charge in [0.15, 0.2) is 0 Å². The van der Waals surface area contributed by atoms with Gasteiger partial charge in [-0.25, -0.2) is 4.98 Å². The monoisotopic (exact) mass is 1260 g/mol. The standard InChI is InChI=1S/C76H52N6O.Pt/c1-76(2,3)52-44-45-77-68(46-52)82-67-48-57(83-56-33-22-32-55(47-56)78-49-79(66-41-21-20-40-65(66)78)72-58(50-24-8-4-9-25-50)36-23-37-59(72)51-26-10-5-11-27-51)42-43-62(67)71-74-69(60-34-16-18-38-63(60)81(74)54-30-14-7-15-31-54)73-70(75(71)82)61-35-17-19-39-64(61)80(73)53-28-12-6-13-29-53;/h4-46H,1-3H3;/q-2;. The molecule has 8 heteroatoms. The Morgan fingerprint density at radius 1 is 0.440 bits per heavy atom. The molecule has 0 atom stereocenters. The van der Waals surface area contributed by atoms with E-state index in [0.29, 0.717) is 11.5 Å². The third-order valence-corrected chi connectivity index (χ3v) is 16.4. The van der Waals surface area contributed by atoms with Crippen molar-refractivity contribution in [3.8, 4) is 62.3 Å². The normalized spacial score (nSPS) is 11.9. The van der Waals surface area contributed by atoms with E-state index in [2.05, 4.69) is 305 Å². The number of ether oxygens (including phenoxy) is 1. The number of imidazole rings is 1. The molecular weight excluding hydrogens is 1210 g/mol. The van der Waals surface area contributed by atoms with Crippen LogP contribution in [-0.2, 0) is 26.5 Å². The quantitative estimate of drug-likeness (QED) is 0.107. The molecule has 0 amide bonds. The fourth-order valence-corrected chi connectivity index (χ4v) is 12.7. The Bertz CT molecular complexity index is 5150. The predicted octanol–water partition coefficient (Wildman–Crippen LogP) is 18.4. The van der Waals surface area contributed by atoms with Crippen LogP contribution >= 0.6 is 0 Å². The summed E-state index contributed by atoms with van der Waals surface area (Å²) in [5.74, 6) is 1.89. The van der Waals surface area contributed by atoms with Crippen LogP contribution in [0.15, 0.2) is 261 Å². The first kappa shape index (κ1) is 50.9. The number of pyridine rings is 1. The Labute approximate surface area is 500 Å². The first-order chi connectivity index (χ1) is 40.9. The van der Waals surface area contributed by atoms with Crippen LogP contribution in [-0.4, -0.2) is 23.3 Å². The number of fused-ring (bicyclic) bond motifs is 13. The number of aromatic nitrogens is 6. The largest absolute Gasteiger partial charge is 0.510 e. The summed E-state index contributed by atoms with van der Waals surface area (Å²) in [6.07, 6.45) is 5.77. The van der Waals surface area contributed by atoms with Crippen LogP contribution < -0.4 is 9.30 Å². The minimum absolute atomic E-state index is 0. The Balaban J connectivity index is 0.00000600. The van der Waals surface area contributed by atoms with Crippen LogP contribution in [0.4, 0.5) is 0 Å². The van der Waals surface area contributed by atoms with Gasteiger partial charge in [-0.2, -0.15) is 18.2 Å². The summed E-state index contributed by atoms with van der Waals surface area (Å²) in [4.78, 5) is 5.28. The molecule has 0 spiro atoms. The summed E-state index contributed by atoms with van der Waals surface area (Å²) in [6.45, 7) is 6.77. The summed E-state index contributed by atoms with van der Waals surface area (Å²) >= 11 is 0. The van der Waals surface area contributed by atoms with Gasteiger partial charge in [0, 0.05) is 71.7 Å². The molecule has 16 aromatic rings. The van der Waals surface area contributed by atoms with Gasteiger partial charge in [-0.05, 0) is 92.8 Å². The van der Waals surface area contributed by atoms with Gasteiger partial charge in [0.1, 0.15) is 5.82 Å². The molecule has 5 heterocycles. The summed E-state index contributed by atoms with van der Waals surface area (Å²) < 4.78 is 18.6. The molecule has 0 saturated heterocycles. The molecule has 0 saturated carbocycles. The van der Waals surface area contributed by atoms with Gasteiger partial charge in [0.2, 0.25) is 0 Å². The first-order valence-electron chi connectivity index (χ1n) is 28.2. The molecule has 0 unspecified atom stereocenters. The van der Waals surface area contributed by atoms with Gasteiger partial charge < -0.3 is 23.0 Å². The van der Waals surface area contributed by atoms with Gasteiger partial charge in [-0.3, -0.25) is 4.57 Å². The summed E-state index contributed by atoms with van der Waals surface area (Å²) in [7, 11) is 0. The maximum Gasteiger partial charge on any atom is 0.268 e. The number of rotatable bonds is 9. The summed E-state index contributed by atoms with van der Waals surface area (Å²) in [5.41, 5.74) is 17.8. The van der Waals surface area contributed by atoms with Crippen LogP contribution in [0, 0.1) is 18.5 Å². The molecule has 84 heavy (non-hydrogen) atoms. The average Bonchev–Trinajstić information content (AvgIpc) is 1.74. The van der Waals surface area contributed by atoms with Gasteiger partial charge in [0.05, 0.1) is 44.3 Å². The Kier molecular flexibility index (Phi) is 12.2. The van der Waals surface area contributed by atoms with Crippen molar-refractivity contribution in [2.24, 2.45) is 0 Å². The molecule has 0 aliphatic rings. The molecule has 0 aliphatic heterocycles. The van der Waals surface area contributed by atoms with E-state index in [0.717, 1.165) is 116 Å². The SMILES string of the molecule is CC(C)(C)c1ccnc(-n2c3[c-]c(Oc4[c-]c(-[n+]5[c-]n(-c6c(-c7ccccc7)cccc6-c6ccccc6)c6ccccc65)ccc4)ccc3c3c2c2c4ccccc4n(-c4ccccc4)c2c2c4ccccc4n(-c4ccccc4)c32)c1.[Pt]. The zero-order valence-electron chi connectivity index (χ0n) is 46.2. The Hall–Kier alpha value is -10.1. The fraction of sp³-hybridized carbons (Fsp3) is 0.0526. The zero-order valence-corrected chi connectivity index (χ0v) is 48.5. The topological polar surface area (TPSA) is 45.7 Å². The van der Waals surface area contributed by atoms with Crippen molar-refractivity contribution in [1.82, 2.24) is 23.3 Å². The van der Waals surface area contributed by atoms with Crippen molar-refractivity contribution in [2.45, 2.75) is 26.2 Å². The van der Waals surface area contributed by atoms with Gasteiger partial charge in [-0.15, -0.1) is 24.3 Å². The van der Waals surface area contributed by atoms with Crippen molar-refractivity contribution in [3.63, 3.8) is 0 Å². The third-order valence-electron chi connectivity index (χ3n) is 16.4. The molecule has 0 N–H and O–H groups in total. The molecule has 16 rings (SSSR count). The Morgan fingerprint density at radius 3 is 1.54 bits per heavy atom. The molecule has 404 valence electrons. The average molecular weight is 1260 g/mol. The van der Waals surface area contributed by atoms with Crippen LogP contribution in [0.5, 0.6) is 11.5 Å². The first-order valence-corrected chi connectivity index (χ1v) is 28.2. The number of hydrogen-bond donors (Lipinski definition) is 0. The van der Waals surface area contributed by atoms with Crippen molar-refractivity contribution < 1.29 is 30.4 Å². The van der Waals surface area contributed by atoms with Crippen molar-refractivity contribution in [3.05, 3.63) is 285 Å². The smallest absolute Gasteiger partial charge is 0.268 e. The van der Waals surface area contributed by atoms with Gasteiger partial charge in [-0.1, -0.05) is 208 Å². The van der Waals surface area contributed by atoms with Crippen LogP contribution in [0.1, 0.15) is 26.3 Å². The van der Waals surface area contributed by atoms with Gasteiger partial charge in [0.25, 0.3) is 6.33 Å². The Morgan fingerprint density at radius 2 is 0.940 bits per heavy atom. The van der Waals surface area contributed by atoms with Crippen LogP contribution in [0.2, 0.25) is 0 Å². The van der Waals surface area contributed by atoms with E-state index in [1.165, 1.54) is 16.3 Å². The molecule has 11 aromatic carbocycles. The van der Waals surface area contributed by atoms with Crippen LogP contribution in [0.25, 0.3) is 127 Å². The molecule has 5 aromatic heterocycles. The zero-order chi connectivity index (χ0) is 55.3. The molecule has 0 fully saturated rings. The van der Waals surface area contributed by atoms with E-state index in [4.69, 9.17) is 9.72 Å². The van der Waals surface area contributed by atoms with E-state index in [1.54, 1.807) is 0 Å². The second kappa shape index (κ2) is 20.1.